The highest BCUT2D eigenvalue weighted by atomic mass is 19.1. The largest absolute Gasteiger partial charge is 0.489 e. The van der Waals surface area contributed by atoms with Gasteiger partial charge in [-0.3, -0.25) is 4.79 Å². The first-order valence-corrected chi connectivity index (χ1v) is 11.3. The van der Waals surface area contributed by atoms with Gasteiger partial charge in [-0.05, 0) is 54.4 Å². The van der Waals surface area contributed by atoms with Crippen molar-refractivity contribution in [3.63, 3.8) is 0 Å². The van der Waals surface area contributed by atoms with Crippen LogP contribution in [-0.4, -0.2) is 51.7 Å². The van der Waals surface area contributed by atoms with E-state index in [2.05, 4.69) is 10.1 Å². The van der Waals surface area contributed by atoms with E-state index >= 15 is 0 Å². The maximum absolute atomic E-state index is 13.4. The van der Waals surface area contributed by atoms with Gasteiger partial charge in [0, 0.05) is 37.0 Å². The average Bonchev–Trinajstić information content (AvgIpc) is 3.20. The molecule has 1 saturated heterocycles. The van der Waals surface area contributed by atoms with E-state index in [-0.39, 0.29) is 24.2 Å². The van der Waals surface area contributed by atoms with Gasteiger partial charge in [0.05, 0.1) is 18.9 Å². The second-order valence-electron chi connectivity index (χ2n) is 8.40. The average molecular weight is 461 g/mol. The van der Waals surface area contributed by atoms with Crippen molar-refractivity contribution in [3.8, 4) is 5.75 Å². The lowest BCUT2D eigenvalue weighted by atomic mass is 10.0. The number of carbonyl (C=O) groups is 1. The van der Waals surface area contributed by atoms with Crippen LogP contribution in [0.3, 0.4) is 0 Å². The summed E-state index contributed by atoms with van der Waals surface area (Å²) in [6.07, 6.45) is 4.24. The number of hydrogen-bond donors (Lipinski definition) is 0. The van der Waals surface area contributed by atoms with Crippen molar-refractivity contribution < 1.29 is 18.7 Å². The molecule has 5 rings (SSSR count). The summed E-state index contributed by atoms with van der Waals surface area (Å²) in [6, 6.07) is 17.3. The molecule has 0 aliphatic carbocycles. The molecule has 0 radical (unpaired) electrons. The van der Waals surface area contributed by atoms with E-state index in [1.807, 2.05) is 23.2 Å². The van der Waals surface area contributed by atoms with Crippen LogP contribution in [0.15, 0.2) is 73.1 Å². The molecule has 0 N–H and O–H groups in total. The lowest BCUT2D eigenvalue weighted by molar-refractivity contribution is 0.0736. The SMILES string of the molecule is O=C(c1cccc(OCc2cccc(F)c2)c1)N1CCOC[C@H](Cc2ccc3nccn3n2)C1. The summed E-state index contributed by atoms with van der Waals surface area (Å²) in [6.45, 7) is 2.40. The molecule has 7 nitrogen and oxygen atoms in total. The third-order valence-electron chi connectivity index (χ3n) is 5.81. The normalized spacial score (nSPS) is 16.4. The highest BCUT2D eigenvalue weighted by molar-refractivity contribution is 5.94. The fourth-order valence-electron chi connectivity index (χ4n) is 4.14. The van der Waals surface area contributed by atoms with Crippen LogP contribution in [0.1, 0.15) is 21.6 Å². The highest BCUT2D eigenvalue weighted by Crippen LogP contribution is 2.20. The predicted octanol–water partition coefficient (Wildman–Crippen LogP) is 3.78. The quantitative estimate of drug-likeness (QED) is 0.438. The Bertz CT molecular complexity index is 1290. The van der Waals surface area contributed by atoms with Gasteiger partial charge >= 0.3 is 0 Å². The number of carbonyl (C=O) groups excluding carboxylic acids is 1. The second-order valence-corrected chi connectivity index (χ2v) is 8.40. The summed E-state index contributed by atoms with van der Waals surface area (Å²) in [7, 11) is 0. The Hall–Kier alpha value is -3.78. The van der Waals surface area contributed by atoms with E-state index < -0.39 is 0 Å². The van der Waals surface area contributed by atoms with E-state index in [0.717, 1.165) is 16.9 Å². The molecule has 1 aliphatic heterocycles. The van der Waals surface area contributed by atoms with E-state index in [0.29, 0.717) is 44.0 Å². The summed E-state index contributed by atoms with van der Waals surface area (Å²) < 4.78 is 26.8. The van der Waals surface area contributed by atoms with Gasteiger partial charge in [-0.1, -0.05) is 18.2 Å². The lowest BCUT2D eigenvalue weighted by Crippen LogP contribution is -2.36. The molecule has 34 heavy (non-hydrogen) atoms. The second kappa shape index (κ2) is 10.0. The number of hydrogen-bond acceptors (Lipinski definition) is 5. The van der Waals surface area contributed by atoms with Gasteiger partial charge in [0.1, 0.15) is 18.2 Å². The molecule has 1 aliphatic rings. The van der Waals surface area contributed by atoms with E-state index in [1.54, 1.807) is 47.1 Å². The molecule has 3 heterocycles. The van der Waals surface area contributed by atoms with E-state index in [4.69, 9.17) is 9.47 Å². The van der Waals surface area contributed by atoms with Crippen LogP contribution in [0.25, 0.3) is 5.65 Å². The number of benzene rings is 2. The Kier molecular flexibility index (Phi) is 6.49. The number of rotatable bonds is 6. The minimum absolute atomic E-state index is 0.0651. The number of ether oxygens (including phenoxy) is 2. The standard InChI is InChI=1S/C26H25FN4O3/c27-22-5-1-3-19(13-22)18-34-24-6-2-4-21(15-24)26(32)30-11-12-33-17-20(16-30)14-23-7-8-25-28-9-10-31(25)29-23/h1-10,13,15,20H,11-12,14,16-18H2/t20-/m1/s1. The van der Waals surface area contributed by atoms with Crippen molar-refractivity contribution >= 4 is 11.6 Å². The zero-order valence-electron chi connectivity index (χ0n) is 18.6. The van der Waals surface area contributed by atoms with Gasteiger partial charge in [-0.25, -0.2) is 13.9 Å². The fourth-order valence-corrected chi connectivity index (χ4v) is 4.14. The molecule has 0 saturated carbocycles. The Morgan fingerprint density at radius 1 is 1.15 bits per heavy atom. The van der Waals surface area contributed by atoms with Gasteiger partial charge in [0.2, 0.25) is 0 Å². The lowest BCUT2D eigenvalue weighted by Gasteiger charge is -2.24. The van der Waals surface area contributed by atoms with Crippen LogP contribution in [-0.2, 0) is 17.8 Å². The summed E-state index contributed by atoms with van der Waals surface area (Å²) in [5, 5.41) is 4.61. The molecule has 2 aromatic carbocycles. The molecular weight excluding hydrogens is 435 g/mol. The van der Waals surface area contributed by atoms with E-state index in [1.165, 1.54) is 12.1 Å². The van der Waals surface area contributed by atoms with Gasteiger partial charge in [-0.2, -0.15) is 5.10 Å². The summed E-state index contributed by atoms with van der Waals surface area (Å²) in [4.78, 5) is 19.4. The van der Waals surface area contributed by atoms with Crippen LogP contribution >= 0.6 is 0 Å². The minimum Gasteiger partial charge on any atom is -0.489 e. The van der Waals surface area contributed by atoms with Crippen molar-refractivity contribution in [2.75, 3.05) is 26.3 Å². The predicted molar refractivity (Wildman–Crippen MR) is 124 cm³/mol. The maximum atomic E-state index is 13.4. The van der Waals surface area contributed by atoms with Gasteiger partial charge in [0.25, 0.3) is 5.91 Å². The summed E-state index contributed by atoms with van der Waals surface area (Å²) in [5.41, 5.74) is 3.01. The van der Waals surface area contributed by atoms with Crippen LogP contribution < -0.4 is 4.74 Å². The van der Waals surface area contributed by atoms with Crippen molar-refractivity contribution in [2.45, 2.75) is 13.0 Å². The molecule has 1 amide bonds. The number of amides is 1. The number of nitrogens with zero attached hydrogens (tertiary/aromatic N) is 4. The molecule has 0 spiro atoms. The van der Waals surface area contributed by atoms with Crippen molar-refractivity contribution in [2.24, 2.45) is 5.92 Å². The molecule has 0 unspecified atom stereocenters. The number of halogens is 1. The molecule has 8 heteroatoms. The minimum atomic E-state index is -0.303. The Morgan fingerprint density at radius 3 is 2.97 bits per heavy atom. The first-order valence-electron chi connectivity index (χ1n) is 11.3. The van der Waals surface area contributed by atoms with E-state index in [9.17, 15) is 9.18 Å². The summed E-state index contributed by atoms with van der Waals surface area (Å²) >= 11 is 0. The van der Waals surface area contributed by atoms with Crippen molar-refractivity contribution in [1.82, 2.24) is 19.5 Å². The zero-order valence-corrected chi connectivity index (χ0v) is 18.6. The first kappa shape index (κ1) is 22.0. The molecule has 1 atom stereocenters. The van der Waals surface area contributed by atoms with Crippen molar-refractivity contribution in [1.29, 1.82) is 0 Å². The molecule has 4 aromatic rings. The molecular formula is C26H25FN4O3. The Balaban J connectivity index is 1.25. The monoisotopic (exact) mass is 460 g/mol. The molecule has 174 valence electrons. The van der Waals surface area contributed by atoms with Crippen LogP contribution in [0.2, 0.25) is 0 Å². The maximum Gasteiger partial charge on any atom is 0.254 e. The van der Waals surface area contributed by atoms with Crippen LogP contribution in [0.4, 0.5) is 4.39 Å². The van der Waals surface area contributed by atoms with Crippen molar-refractivity contribution in [3.05, 3.63) is 95.7 Å². The first-order chi connectivity index (χ1) is 16.6. The zero-order chi connectivity index (χ0) is 23.3. The van der Waals surface area contributed by atoms with Gasteiger partial charge in [0.15, 0.2) is 5.65 Å². The smallest absolute Gasteiger partial charge is 0.254 e. The molecule has 0 bridgehead atoms. The number of aromatic nitrogens is 3. The highest BCUT2D eigenvalue weighted by Gasteiger charge is 2.24. The van der Waals surface area contributed by atoms with Crippen LogP contribution in [0, 0.1) is 11.7 Å². The number of fused-ring (bicyclic) bond motifs is 1. The summed E-state index contributed by atoms with van der Waals surface area (Å²) in [5.74, 6) is 0.329. The Morgan fingerprint density at radius 2 is 2.06 bits per heavy atom. The Labute approximate surface area is 196 Å². The molecule has 2 aromatic heterocycles. The van der Waals surface area contributed by atoms with Crippen LogP contribution in [0.5, 0.6) is 5.75 Å². The fraction of sp³-hybridized carbons (Fsp3) is 0.269. The third-order valence-corrected chi connectivity index (χ3v) is 5.81. The van der Waals surface area contributed by atoms with Gasteiger partial charge < -0.3 is 14.4 Å². The number of imidazole rings is 1. The van der Waals surface area contributed by atoms with Gasteiger partial charge in [-0.15, -0.1) is 0 Å². The molecule has 1 fully saturated rings. The topological polar surface area (TPSA) is 69.0 Å². The third kappa shape index (κ3) is 5.23.